The number of furan rings is 1. The zero-order valence-electron chi connectivity index (χ0n) is 10.00. The van der Waals surface area contributed by atoms with E-state index in [-0.39, 0.29) is 6.04 Å². The van der Waals surface area contributed by atoms with Crippen LogP contribution in [0.3, 0.4) is 0 Å². The van der Waals surface area contributed by atoms with E-state index in [0.717, 1.165) is 27.7 Å². The molecule has 0 spiro atoms. The van der Waals surface area contributed by atoms with Gasteiger partial charge in [0.15, 0.2) is 0 Å². The Kier molecular flexibility index (Phi) is 4.20. The summed E-state index contributed by atoms with van der Waals surface area (Å²) in [4.78, 5) is 0. The van der Waals surface area contributed by atoms with Gasteiger partial charge in [0.2, 0.25) is 0 Å². The number of hydrogen-bond acceptors (Lipinski definition) is 3. The fourth-order valence-corrected chi connectivity index (χ4v) is 2.11. The minimum Gasteiger partial charge on any atom is -0.459 e. The maximum absolute atomic E-state index is 5.79. The highest BCUT2D eigenvalue weighted by molar-refractivity contribution is 9.10. The molecule has 0 radical (unpaired) electrons. The van der Waals surface area contributed by atoms with Crippen LogP contribution in [0.25, 0.3) is 11.0 Å². The number of fused-ring (bicyclic) bond motifs is 1. The highest BCUT2D eigenvalue weighted by Crippen LogP contribution is 2.26. The molecule has 2 rings (SSSR count). The highest BCUT2D eigenvalue weighted by Gasteiger charge is 2.10. The first-order chi connectivity index (χ1) is 8.20. The summed E-state index contributed by atoms with van der Waals surface area (Å²) < 4.78 is 11.9. The van der Waals surface area contributed by atoms with Crippen LogP contribution in [-0.4, -0.2) is 20.3 Å². The molecule has 2 aromatic rings. The van der Waals surface area contributed by atoms with Crippen LogP contribution in [-0.2, 0) is 4.74 Å². The summed E-state index contributed by atoms with van der Waals surface area (Å²) in [6.07, 6.45) is 0. The largest absolute Gasteiger partial charge is 0.459 e. The Morgan fingerprint density at radius 3 is 3.00 bits per heavy atom. The molecule has 0 saturated heterocycles. The van der Waals surface area contributed by atoms with Crippen molar-refractivity contribution in [1.82, 2.24) is 5.32 Å². The lowest BCUT2D eigenvalue weighted by molar-refractivity contribution is 0.195. The lowest BCUT2D eigenvalue weighted by atomic mass is 10.2. The molecule has 0 saturated carbocycles. The Morgan fingerprint density at radius 1 is 1.41 bits per heavy atom. The predicted molar refractivity (Wildman–Crippen MR) is 72.2 cm³/mol. The van der Waals surface area contributed by atoms with Gasteiger partial charge in [-0.25, -0.2) is 0 Å². The molecule has 0 aliphatic rings. The molecule has 1 unspecified atom stereocenters. The molecule has 1 atom stereocenters. The molecule has 1 aromatic heterocycles. The number of halogens is 1. The second-order valence-electron chi connectivity index (χ2n) is 4.00. The van der Waals surface area contributed by atoms with E-state index >= 15 is 0 Å². The van der Waals surface area contributed by atoms with Crippen molar-refractivity contribution in [3.63, 3.8) is 0 Å². The van der Waals surface area contributed by atoms with Crippen LogP contribution in [0.2, 0.25) is 0 Å². The second-order valence-corrected chi connectivity index (χ2v) is 4.92. The summed E-state index contributed by atoms with van der Waals surface area (Å²) in [6, 6.07) is 8.29. The summed E-state index contributed by atoms with van der Waals surface area (Å²) in [6.45, 7) is 3.61. The Morgan fingerprint density at radius 2 is 2.24 bits per heavy atom. The summed E-state index contributed by atoms with van der Waals surface area (Å²) >= 11 is 3.46. The number of nitrogens with one attached hydrogen (secondary N) is 1. The molecule has 0 fully saturated rings. The monoisotopic (exact) mass is 297 g/mol. The third kappa shape index (κ3) is 3.09. The van der Waals surface area contributed by atoms with Crippen molar-refractivity contribution in [2.24, 2.45) is 0 Å². The van der Waals surface area contributed by atoms with Crippen molar-refractivity contribution in [1.29, 1.82) is 0 Å². The number of ether oxygens (including phenoxy) is 1. The van der Waals surface area contributed by atoms with Crippen LogP contribution in [0.5, 0.6) is 0 Å². The van der Waals surface area contributed by atoms with Crippen LogP contribution in [0.15, 0.2) is 33.2 Å². The van der Waals surface area contributed by atoms with Gasteiger partial charge in [-0.1, -0.05) is 15.9 Å². The van der Waals surface area contributed by atoms with Gasteiger partial charge in [-0.3, -0.25) is 0 Å². The van der Waals surface area contributed by atoms with E-state index in [2.05, 4.69) is 40.3 Å². The normalized spacial score (nSPS) is 13.1. The molecule has 92 valence electrons. The van der Waals surface area contributed by atoms with Gasteiger partial charge in [0, 0.05) is 23.5 Å². The van der Waals surface area contributed by atoms with Gasteiger partial charge in [-0.15, -0.1) is 0 Å². The number of rotatable bonds is 5. The van der Waals surface area contributed by atoms with E-state index in [9.17, 15) is 0 Å². The Balaban J connectivity index is 2.12. The van der Waals surface area contributed by atoms with Gasteiger partial charge in [0.05, 0.1) is 12.6 Å². The van der Waals surface area contributed by atoms with Gasteiger partial charge < -0.3 is 14.5 Å². The molecule has 4 heteroatoms. The molecule has 1 aromatic carbocycles. The van der Waals surface area contributed by atoms with Gasteiger partial charge in [0.1, 0.15) is 11.3 Å². The van der Waals surface area contributed by atoms with Crippen LogP contribution < -0.4 is 5.32 Å². The molecule has 0 aliphatic heterocycles. The number of methoxy groups -OCH3 is 1. The van der Waals surface area contributed by atoms with Crippen molar-refractivity contribution < 1.29 is 9.15 Å². The number of benzene rings is 1. The molecule has 0 amide bonds. The van der Waals surface area contributed by atoms with E-state index < -0.39 is 0 Å². The third-order valence-electron chi connectivity index (χ3n) is 2.68. The molecule has 3 nitrogen and oxygen atoms in total. The van der Waals surface area contributed by atoms with Crippen LogP contribution in [0.4, 0.5) is 0 Å². The maximum atomic E-state index is 5.79. The van der Waals surface area contributed by atoms with Crippen LogP contribution in [0.1, 0.15) is 18.7 Å². The van der Waals surface area contributed by atoms with Crippen molar-refractivity contribution in [2.45, 2.75) is 13.0 Å². The molecular formula is C13H16BrNO2. The molecule has 0 aliphatic carbocycles. The first-order valence-electron chi connectivity index (χ1n) is 5.62. The smallest absolute Gasteiger partial charge is 0.134 e. The van der Waals surface area contributed by atoms with Crippen molar-refractivity contribution in [3.8, 4) is 0 Å². The zero-order valence-corrected chi connectivity index (χ0v) is 11.6. The minimum absolute atomic E-state index is 0.191. The standard InChI is InChI=1S/C13H16BrNO2/c1-9(15-5-6-16-2)13-8-10-7-11(14)3-4-12(10)17-13/h3-4,7-9,15H,5-6H2,1-2H3. The summed E-state index contributed by atoms with van der Waals surface area (Å²) in [5.74, 6) is 0.953. The van der Waals surface area contributed by atoms with Crippen molar-refractivity contribution in [2.75, 3.05) is 20.3 Å². The van der Waals surface area contributed by atoms with Gasteiger partial charge in [-0.2, -0.15) is 0 Å². The first kappa shape index (κ1) is 12.6. The average Bonchev–Trinajstić information content (AvgIpc) is 2.72. The highest BCUT2D eigenvalue weighted by atomic mass is 79.9. The summed E-state index contributed by atoms with van der Waals surface area (Å²) in [5.41, 5.74) is 0.920. The summed E-state index contributed by atoms with van der Waals surface area (Å²) in [5, 5.41) is 4.47. The molecule has 0 bridgehead atoms. The van der Waals surface area contributed by atoms with E-state index in [1.165, 1.54) is 0 Å². The SMILES string of the molecule is COCCNC(C)c1cc2cc(Br)ccc2o1. The van der Waals surface area contributed by atoms with Crippen molar-refractivity contribution >= 4 is 26.9 Å². The van der Waals surface area contributed by atoms with E-state index in [4.69, 9.17) is 9.15 Å². The lowest BCUT2D eigenvalue weighted by Crippen LogP contribution is -2.22. The number of hydrogen-bond donors (Lipinski definition) is 1. The molecule has 1 N–H and O–H groups in total. The fourth-order valence-electron chi connectivity index (χ4n) is 1.73. The molecule has 1 heterocycles. The Hall–Kier alpha value is -0.840. The Bertz CT molecular complexity index is 495. The minimum atomic E-state index is 0.191. The Labute approximate surface area is 109 Å². The van der Waals surface area contributed by atoms with Crippen molar-refractivity contribution in [3.05, 3.63) is 34.5 Å². The zero-order chi connectivity index (χ0) is 12.3. The van der Waals surface area contributed by atoms with Gasteiger partial charge >= 0.3 is 0 Å². The van der Waals surface area contributed by atoms with Crippen LogP contribution >= 0.6 is 15.9 Å². The molecule has 17 heavy (non-hydrogen) atoms. The molecular weight excluding hydrogens is 282 g/mol. The average molecular weight is 298 g/mol. The summed E-state index contributed by atoms with van der Waals surface area (Å²) in [7, 11) is 1.70. The van der Waals surface area contributed by atoms with E-state index in [0.29, 0.717) is 6.61 Å². The fraction of sp³-hybridized carbons (Fsp3) is 0.385. The quantitative estimate of drug-likeness (QED) is 0.858. The lowest BCUT2D eigenvalue weighted by Gasteiger charge is -2.09. The predicted octanol–water partition coefficient (Wildman–Crippen LogP) is 3.49. The van der Waals surface area contributed by atoms with E-state index in [1.54, 1.807) is 7.11 Å². The first-order valence-corrected chi connectivity index (χ1v) is 6.41. The van der Waals surface area contributed by atoms with Gasteiger partial charge in [-0.05, 0) is 31.2 Å². The topological polar surface area (TPSA) is 34.4 Å². The van der Waals surface area contributed by atoms with Gasteiger partial charge in [0.25, 0.3) is 0 Å². The van der Waals surface area contributed by atoms with Crippen LogP contribution in [0, 0.1) is 0 Å². The maximum Gasteiger partial charge on any atom is 0.134 e. The van der Waals surface area contributed by atoms with E-state index in [1.807, 2.05) is 12.1 Å². The third-order valence-corrected chi connectivity index (χ3v) is 3.17. The second kappa shape index (κ2) is 5.67.